The molecule has 3 aromatic rings. The average molecular weight is 428 g/mol. The van der Waals surface area contributed by atoms with Gasteiger partial charge in [0.1, 0.15) is 11.5 Å². The molecule has 3 N–H and O–H groups in total. The van der Waals surface area contributed by atoms with Crippen molar-refractivity contribution in [3.63, 3.8) is 0 Å². The summed E-state index contributed by atoms with van der Waals surface area (Å²) < 4.78 is 5.84. The van der Waals surface area contributed by atoms with E-state index >= 15 is 0 Å². The topological polar surface area (TPSA) is 110 Å². The summed E-state index contributed by atoms with van der Waals surface area (Å²) in [5, 5.41) is 10.5. The molecule has 32 heavy (non-hydrogen) atoms. The summed E-state index contributed by atoms with van der Waals surface area (Å²) in [7, 11) is 0. The molecule has 0 atom stereocenters. The first kappa shape index (κ1) is 19.8. The first-order valence-electron chi connectivity index (χ1n) is 10.3. The van der Waals surface area contributed by atoms with Crippen molar-refractivity contribution in [1.82, 2.24) is 4.90 Å². The number of likely N-dealkylation sites (tertiary alicyclic amines) is 1. The lowest BCUT2D eigenvalue weighted by Crippen LogP contribution is -2.23. The first-order valence-corrected chi connectivity index (χ1v) is 10.3. The number of carbonyl (C=O) groups excluding carboxylic acids is 3. The van der Waals surface area contributed by atoms with Crippen molar-refractivity contribution in [3.05, 3.63) is 82.4 Å². The third kappa shape index (κ3) is 3.19. The van der Waals surface area contributed by atoms with Gasteiger partial charge in [0.05, 0.1) is 16.8 Å². The maximum absolute atomic E-state index is 13.0. The van der Waals surface area contributed by atoms with Gasteiger partial charge in [-0.3, -0.25) is 14.4 Å². The zero-order valence-corrected chi connectivity index (χ0v) is 17.1. The maximum Gasteiger partial charge on any atom is 0.222 e. The van der Waals surface area contributed by atoms with E-state index in [0.717, 1.165) is 18.5 Å². The molecular formula is C25H20N2O5. The van der Waals surface area contributed by atoms with Gasteiger partial charge in [-0.25, -0.2) is 0 Å². The van der Waals surface area contributed by atoms with E-state index in [1.54, 1.807) is 36.4 Å². The minimum atomic E-state index is -0.452. The molecule has 1 fully saturated rings. The second kappa shape index (κ2) is 7.53. The maximum atomic E-state index is 13.0. The number of ether oxygens (including phenoxy) is 1. The van der Waals surface area contributed by atoms with Gasteiger partial charge < -0.3 is 20.5 Å². The standard InChI is InChI=1S/C25H20N2O5/c26-23-19(32-15-9-7-14(8-10-15)13-27-11-3-6-20(27)29)12-18(28)21-22(23)25(31)17-5-2-1-4-16(17)24(21)30/h1-2,4-5,7-10,12,28H,3,6,11,13,26H2. The number of phenolic OH excluding ortho intramolecular Hbond substituents is 1. The van der Waals surface area contributed by atoms with E-state index in [1.807, 2.05) is 17.0 Å². The van der Waals surface area contributed by atoms with Crippen molar-refractivity contribution in [1.29, 1.82) is 0 Å². The van der Waals surface area contributed by atoms with Gasteiger partial charge in [-0.1, -0.05) is 36.4 Å². The van der Waals surface area contributed by atoms with Crippen molar-refractivity contribution in [2.24, 2.45) is 0 Å². The molecule has 2 aliphatic rings. The number of hydrogen-bond acceptors (Lipinski definition) is 6. The molecule has 0 saturated carbocycles. The number of nitrogens with zero attached hydrogens (tertiary/aromatic N) is 1. The SMILES string of the molecule is Nc1c(Oc2ccc(CN3CCCC3=O)cc2)cc(O)c2c1C(=O)c1ccccc1C2=O. The second-order valence-corrected chi connectivity index (χ2v) is 7.93. The molecule has 0 aromatic heterocycles. The molecule has 0 spiro atoms. The molecular weight excluding hydrogens is 408 g/mol. The van der Waals surface area contributed by atoms with Gasteiger partial charge in [0.15, 0.2) is 17.3 Å². The quantitative estimate of drug-likeness (QED) is 0.379. The largest absolute Gasteiger partial charge is 0.507 e. The highest BCUT2D eigenvalue weighted by Gasteiger charge is 2.35. The summed E-state index contributed by atoms with van der Waals surface area (Å²) in [6.07, 6.45) is 1.47. The van der Waals surface area contributed by atoms with Crippen LogP contribution in [-0.2, 0) is 11.3 Å². The molecule has 1 aliphatic heterocycles. The predicted octanol–water partition coefficient (Wildman–Crippen LogP) is 3.66. The van der Waals surface area contributed by atoms with E-state index in [-0.39, 0.29) is 45.3 Å². The zero-order chi connectivity index (χ0) is 22.4. The fourth-order valence-corrected chi connectivity index (χ4v) is 4.24. The number of fused-ring (bicyclic) bond motifs is 2. The Morgan fingerprint density at radius 3 is 2.22 bits per heavy atom. The number of rotatable bonds is 4. The first-order chi connectivity index (χ1) is 15.4. The number of carbonyl (C=O) groups is 3. The van der Waals surface area contributed by atoms with Gasteiger partial charge in [-0.05, 0) is 24.1 Å². The Hall–Kier alpha value is -4.13. The Morgan fingerprint density at radius 1 is 0.938 bits per heavy atom. The van der Waals surface area contributed by atoms with Crippen LogP contribution in [0.5, 0.6) is 17.2 Å². The normalized spacial score (nSPS) is 15.0. The van der Waals surface area contributed by atoms with Gasteiger partial charge in [-0.2, -0.15) is 0 Å². The number of nitrogen functional groups attached to an aromatic ring is 1. The highest BCUT2D eigenvalue weighted by molar-refractivity contribution is 6.31. The van der Waals surface area contributed by atoms with E-state index in [1.165, 1.54) is 6.07 Å². The van der Waals surface area contributed by atoms with Crippen molar-refractivity contribution in [2.75, 3.05) is 12.3 Å². The Morgan fingerprint density at radius 2 is 1.59 bits per heavy atom. The van der Waals surface area contributed by atoms with Gasteiger partial charge in [-0.15, -0.1) is 0 Å². The van der Waals surface area contributed by atoms with Crippen LogP contribution >= 0.6 is 0 Å². The summed E-state index contributed by atoms with van der Waals surface area (Å²) in [5.74, 6) is -0.553. The summed E-state index contributed by atoms with van der Waals surface area (Å²) in [4.78, 5) is 39.5. The Labute approximate surface area is 184 Å². The van der Waals surface area contributed by atoms with Gasteiger partial charge in [0.2, 0.25) is 5.91 Å². The summed E-state index contributed by atoms with van der Waals surface area (Å²) in [6.45, 7) is 1.30. The average Bonchev–Trinajstić information content (AvgIpc) is 3.20. The minimum Gasteiger partial charge on any atom is -0.507 e. The van der Waals surface area contributed by atoms with Crippen LogP contribution in [0.3, 0.4) is 0 Å². The third-order valence-corrected chi connectivity index (χ3v) is 5.88. The lowest BCUT2D eigenvalue weighted by atomic mass is 9.82. The zero-order valence-electron chi connectivity index (χ0n) is 17.1. The third-order valence-electron chi connectivity index (χ3n) is 5.88. The highest BCUT2D eigenvalue weighted by atomic mass is 16.5. The number of amides is 1. The molecule has 1 heterocycles. The van der Waals surface area contributed by atoms with Gasteiger partial charge in [0, 0.05) is 36.7 Å². The molecule has 0 bridgehead atoms. The summed E-state index contributed by atoms with van der Waals surface area (Å²) in [5.41, 5.74) is 7.52. The van der Waals surface area contributed by atoms with Crippen molar-refractivity contribution >= 4 is 23.2 Å². The molecule has 0 unspecified atom stereocenters. The monoisotopic (exact) mass is 428 g/mol. The van der Waals surface area contributed by atoms with Crippen LogP contribution in [0, 0.1) is 0 Å². The van der Waals surface area contributed by atoms with Crippen molar-refractivity contribution in [2.45, 2.75) is 19.4 Å². The molecule has 1 amide bonds. The lowest BCUT2D eigenvalue weighted by Gasteiger charge is -2.21. The minimum absolute atomic E-state index is 0.00241. The van der Waals surface area contributed by atoms with Crippen molar-refractivity contribution < 1.29 is 24.2 Å². The molecule has 7 heteroatoms. The Kier molecular flexibility index (Phi) is 4.66. The van der Waals surface area contributed by atoms with Crippen LogP contribution in [0.1, 0.15) is 50.2 Å². The van der Waals surface area contributed by atoms with Crippen LogP contribution in [0.4, 0.5) is 5.69 Å². The van der Waals surface area contributed by atoms with Crippen LogP contribution in [0.25, 0.3) is 0 Å². The molecule has 0 radical (unpaired) electrons. The molecule has 1 saturated heterocycles. The number of nitrogens with two attached hydrogens (primary N) is 1. The molecule has 160 valence electrons. The number of benzene rings is 3. The Bertz CT molecular complexity index is 1280. The number of ketones is 2. The molecule has 3 aromatic carbocycles. The van der Waals surface area contributed by atoms with Crippen LogP contribution in [0.15, 0.2) is 54.6 Å². The Balaban J connectivity index is 1.44. The summed E-state index contributed by atoms with van der Waals surface area (Å²) in [6, 6.07) is 14.9. The molecule has 1 aliphatic carbocycles. The van der Waals surface area contributed by atoms with Crippen LogP contribution in [-0.4, -0.2) is 34.0 Å². The van der Waals surface area contributed by atoms with Crippen LogP contribution in [0.2, 0.25) is 0 Å². The number of aromatic hydroxyl groups is 1. The van der Waals surface area contributed by atoms with E-state index in [0.29, 0.717) is 18.7 Å². The number of phenols is 1. The van der Waals surface area contributed by atoms with E-state index in [4.69, 9.17) is 10.5 Å². The van der Waals surface area contributed by atoms with Gasteiger partial charge in [0.25, 0.3) is 0 Å². The van der Waals surface area contributed by atoms with Crippen molar-refractivity contribution in [3.8, 4) is 17.2 Å². The smallest absolute Gasteiger partial charge is 0.222 e. The highest BCUT2D eigenvalue weighted by Crippen LogP contribution is 2.42. The molecule has 5 rings (SSSR count). The fourth-order valence-electron chi connectivity index (χ4n) is 4.24. The number of anilines is 1. The van der Waals surface area contributed by atoms with E-state index < -0.39 is 11.6 Å². The predicted molar refractivity (Wildman–Crippen MR) is 117 cm³/mol. The van der Waals surface area contributed by atoms with Crippen LogP contribution < -0.4 is 10.5 Å². The molecule has 7 nitrogen and oxygen atoms in total. The fraction of sp³-hybridized carbons (Fsp3) is 0.160. The second-order valence-electron chi connectivity index (χ2n) is 7.93. The number of hydrogen-bond donors (Lipinski definition) is 2. The van der Waals surface area contributed by atoms with Gasteiger partial charge >= 0.3 is 0 Å². The summed E-state index contributed by atoms with van der Waals surface area (Å²) >= 11 is 0. The van der Waals surface area contributed by atoms with E-state index in [9.17, 15) is 19.5 Å². The lowest BCUT2D eigenvalue weighted by molar-refractivity contribution is -0.128. The van der Waals surface area contributed by atoms with E-state index in [2.05, 4.69) is 0 Å².